The topological polar surface area (TPSA) is 49.3 Å². The molecule has 1 fully saturated rings. The van der Waals surface area contributed by atoms with Gasteiger partial charge in [-0.15, -0.1) is 0 Å². The summed E-state index contributed by atoms with van der Waals surface area (Å²) in [7, 11) is 0. The summed E-state index contributed by atoms with van der Waals surface area (Å²) < 4.78 is 0. The van der Waals surface area contributed by atoms with E-state index in [1.54, 1.807) is 0 Å². The molecule has 0 spiro atoms. The maximum absolute atomic E-state index is 12.1. The molecule has 0 bridgehead atoms. The second-order valence-electron chi connectivity index (χ2n) is 5.80. The Kier molecular flexibility index (Phi) is 5.96. The molecule has 0 aromatic carbocycles. The Morgan fingerprint density at radius 1 is 1.41 bits per heavy atom. The fourth-order valence-electron chi connectivity index (χ4n) is 2.93. The number of aliphatic hydroxyl groups excluding tert-OH is 1. The van der Waals surface area contributed by atoms with Crippen molar-refractivity contribution in [3.8, 4) is 0 Å². The van der Waals surface area contributed by atoms with Gasteiger partial charge in [0.05, 0.1) is 0 Å². The van der Waals surface area contributed by atoms with Crippen LogP contribution in [0.2, 0.25) is 0 Å². The zero-order chi connectivity index (χ0) is 12.8. The summed E-state index contributed by atoms with van der Waals surface area (Å²) in [6, 6.07) is 0. The van der Waals surface area contributed by atoms with Crippen molar-refractivity contribution in [1.29, 1.82) is 0 Å². The number of amides is 1. The predicted molar refractivity (Wildman–Crippen MR) is 69.5 cm³/mol. The SMILES string of the molecule is CC(C)[C@H]1CC[C@@H](C)C[C@H]1C(=O)NCCCO. The quantitative estimate of drug-likeness (QED) is 0.725. The van der Waals surface area contributed by atoms with Crippen LogP contribution in [-0.4, -0.2) is 24.2 Å². The smallest absolute Gasteiger partial charge is 0.223 e. The molecule has 1 rings (SSSR count). The lowest BCUT2D eigenvalue weighted by molar-refractivity contribution is -0.129. The molecule has 3 atom stereocenters. The van der Waals surface area contributed by atoms with Gasteiger partial charge in [0.15, 0.2) is 0 Å². The average Bonchev–Trinajstić information content (AvgIpc) is 2.28. The van der Waals surface area contributed by atoms with Crippen LogP contribution in [0.4, 0.5) is 0 Å². The number of nitrogens with one attached hydrogen (secondary N) is 1. The molecule has 0 aromatic heterocycles. The molecule has 17 heavy (non-hydrogen) atoms. The number of hydrogen-bond donors (Lipinski definition) is 2. The third-order valence-corrected chi connectivity index (χ3v) is 3.99. The highest BCUT2D eigenvalue weighted by molar-refractivity contribution is 5.79. The molecule has 0 unspecified atom stereocenters. The Hall–Kier alpha value is -0.570. The summed E-state index contributed by atoms with van der Waals surface area (Å²) in [6.07, 6.45) is 4.11. The number of aliphatic hydroxyl groups is 1. The first-order valence-corrected chi connectivity index (χ1v) is 6.94. The largest absolute Gasteiger partial charge is 0.396 e. The lowest BCUT2D eigenvalue weighted by Gasteiger charge is -2.36. The van der Waals surface area contributed by atoms with Gasteiger partial charge in [-0.25, -0.2) is 0 Å². The molecule has 0 aliphatic heterocycles. The first-order chi connectivity index (χ1) is 8.06. The third kappa shape index (κ3) is 4.30. The Morgan fingerprint density at radius 2 is 2.12 bits per heavy atom. The van der Waals surface area contributed by atoms with E-state index in [0.717, 1.165) is 6.42 Å². The molecular formula is C14H27NO2. The monoisotopic (exact) mass is 241 g/mol. The Balaban J connectivity index is 2.53. The van der Waals surface area contributed by atoms with Gasteiger partial charge >= 0.3 is 0 Å². The van der Waals surface area contributed by atoms with Gasteiger partial charge in [0.25, 0.3) is 0 Å². The molecule has 0 saturated heterocycles. The van der Waals surface area contributed by atoms with Crippen LogP contribution >= 0.6 is 0 Å². The minimum atomic E-state index is 0.148. The molecule has 1 aliphatic carbocycles. The molecule has 3 nitrogen and oxygen atoms in total. The first-order valence-electron chi connectivity index (χ1n) is 6.94. The number of rotatable bonds is 5. The maximum Gasteiger partial charge on any atom is 0.223 e. The second kappa shape index (κ2) is 7.00. The fourth-order valence-corrected chi connectivity index (χ4v) is 2.93. The first kappa shape index (κ1) is 14.5. The van der Waals surface area contributed by atoms with Gasteiger partial charge in [-0.3, -0.25) is 4.79 Å². The molecule has 1 saturated carbocycles. The normalized spacial score (nSPS) is 29.4. The second-order valence-corrected chi connectivity index (χ2v) is 5.80. The molecule has 0 heterocycles. The van der Waals surface area contributed by atoms with E-state index in [9.17, 15) is 4.79 Å². The zero-order valence-electron chi connectivity index (χ0n) is 11.4. The predicted octanol–water partition coefficient (Wildman–Crippen LogP) is 2.19. The number of carbonyl (C=O) groups is 1. The van der Waals surface area contributed by atoms with Gasteiger partial charge < -0.3 is 10.4 Å². The minimum Gasteiger partial charge on any atom is -0.396 e. The van der Waals surface area contributed by atoms with Crippen molar-refractivity contribution in [3.05, 3.63) is 0 Å². The van der Waals surface area contributed by atoms with Crippen molar-refractivity contribution >= 4 is 5.91 Å². The van der Waals surface area contributed by atoms with Gasteiger partial charge in [0.1, 0.15) is 0 Å². The van der Waals surface area contributed by atoms with Gasteiger partial charge in [0, 0.05) is 19.1 Å². The van der Waals surface area contributed by atoms with E-state index in [1.807, 2.05) is 0 Å². The Morgan fingerprint density at radius 3 is 2.71 bits per heavy atom. The highest BCUT2D eigenvalue weighted by Crippen LogP contribution is 2.37. The molecule has 1 amide bonds. The standard InChI is InChI=1S/C14H27NO2/c1-10(2)12-6-5-11(3)9-13(12)14(17)15-7-4-8-16/h10-13,16H,4-9H2,1-3H3,(H,15,17)/t11-,12-,13-/m1/s1. The molecule has 0 radical (unpaired) electrons. The molecule has 1 aliphatic rings. The summed E-state index contributed by atoms with van der Waals surface area (Å²) in [5.41, 5.74) is 0. The van der Waals surface area contributed by atoms with Crippen molar-refractivity contribution in [3.63, 3.8) is 0 Å². The number of hydrogen-bond acceptors (Lipinski definition) is 2. The van der Waals surface area contributed by atoms with Crippen molar-refractivity contribution < 1.29 is 9.90 Å². The highest BCUT2D eigenvalue weighted by Gasteiger charge is 2.34. The van der Waals surface area contributed by atoms with Crippen LogP contribution < -0.4 is 5.32 Å². The molecule has 0 aromatic rings. The average molecular weight is 241 g/mol. The van der Waals surface area contributed by atoms with Gasteiger partial charge in [-0.1, -0.05) is 27.2 Å². The van der Waals surface area contributed by atoms with E-state index < -0.39 is 0 Å². The van der Waals surface area contributed by atoms with Crippen molar-refractivity contribution in [2.24, 2.45) is 23.7 Å². The van der Waals surface area contributed by atoms with Crippen LogP contribution in [0, 0.1) is 23.7 Å². The zero-order valence-corrected chi connectivity index (χ0v) is 11.4. The lowest BCUT2D eigenvalue weighted by Crippen LogP contribution is -2.40. The summed E-state index contributed by atoms with van der Waals surface area (Å²) in [5.74, 6) is 2.15. The summed E-state index contributed by atoms with van der Waals surface area (Å²) in [6.45, 7) is 7.42. The van der Waals surface area contributed by atoms with E-state index in [0.29, 0.717) is 30.7 Å². The highest BCUT2D eigenvalue weighted by atomic mass is 16.3. The Labute approximate surface area is 105 Å². The summed E-state index contributed by atoms with van der Waals surface area (Å²) in [4.78, 5) is 12.1. The van der Waals surface area contributed by atoms with Crippen LogP contribution in [0.25, 0.3) is 0 Å². The number of carbonyl (C=O) groups excluding carboxylic acids is 1. The van der Waals surface area contributed by atoms with E-state index in [4.69, 9.17) is 5.11 Å². The van der Waals surface area contributed by atoms with Crippen molar-refractivity contribution in [1.82, 2.24) is 5.32 Å². The van der Waals surface area contributed by atoms with E-state index in [1.165, 1.54) is 12.8 Å². The Bertz CT molecular complexity index is 240. The van der Waals surface area contributed by atoms with Crippen LogP contribution in [0.5, 0.6) is 0 Å². The van der Waals surface area contributed by atoms with Crippen LogP contribution in [0.1, 0.15) is 46.5 Å². The molecule has 2 N–H and O–H groups in total. The minimum absolute atomic E-state index is 0.148. The fraction of sp³-hybridized carbons (Fsp3) is 0.929. The van der Waals surface area contributed by atoms with Gasteiger partial charge in [0.2, 0.25) is 5.91 Å². The van der Waals surface area contributed by atoms with Gasteiger partial charge in [-0.05, 0) is 37.0 Å². The van der Waals surface area contributed by atoms with Crippen molar-refractivity contribution in [2.45, 2.75) is 46.5 Å². The van der Waals surface area contributed by atoms with Gasteiger partial charge in [-0.2, -0.15) is 0 Å². The van der Waals surface area contributed by atoms with Crippen LogP contribution in [-0.2, 0) is 4.79 Å². The molecule has 100 valence electrons. The lowest BCUT2D eigenvalue weighted by atomic mass is 9.70. The third-order valence-electron chi connectivity index (χ3n) is 3.99. The van der Waals surface area contributed by atoms with Crippen molar-refractivity contribution in [2.75, 3.05) is 13.2 Å². The van der Waals surface area contributed by atoms with Crippen LogP contribution in [0.15, 0.2) is 0 Å². The summed E-state index contributed by atoms with van der Waals surface area (Å²) >= 11 is 0. The summed E-state index contributed by atoms with van der Waals surface area (Å²) in [5, 5.41) is 11.7. The maximum atomic E-state index is 12.1. The molecular weight excluding hydrogens is 214 g/mol. The van der Waals surface area contributed by atoms with Crippen LogP contribution in [0.3, 0.4) is 0 Å². The van der Waals surface area contributed by atoms with E-state index >= 15 is 0 Å². The van der Waals surface area contributed by atoms with E-state index in [2.05, 4.69) is 26.1 Å². The van der Waals surface area contributed by atoms with E-state index in [-0.39, 0.29) is 18.4 Å². The molecule has 3 heteroatoms.